The van der Waals surface area contributed by atoms with Crippen LogP contribution < -0.4 is 0 Å². The van der Waals surface area contributed by atoms with Crippen molar-refractivity contribution in [2.24, 2.45) is 5.92 Å². The normalized spacial score (nSPS) is 19.1. The van der Waals surface area contributed by atoms with E-state index < -0.39 is 5.97 Å². The molecule has 1 aromatic rings. The van der Waals surface area contributed by atoms with Gasteiger partial charge in [-0.3, -0.25) is 0 Å². The lowest BCUT2D eigenvalue weighted by atomic mass is 9.85. The first kappa shape index (κ1) is 12.1. The number of ether oxygens (including phenoxy) is 1. The van der Waals surface area contributed by atoms with E-state index in [0.29, 0.717) is 11.7 Å². The van der Waals surface area contributed by atoms with Gasteiger partial charge >= 0.3 is 5.97 Å². The van der Waals surface area contributed by atoms with Gasteiger partial charge in [-0.1, -0.05) is 19.3 Å². The number of carbonyl (C=O) groups is 1. The molecule has 1 aliphatic carbocycles. The quantitative estimate of drug-likeness (QED) is 0.844. The van der Waals surface area contributed by atoms with Gasteiger partial charge in [0.2, 0.25) is 0 Å². The van der Waals surface area contributed by atoms with Crippen molar-refractivity contribution in [3.8, 4) is 0 Å². The molecule has 5 nitrogen and oxygen atoms in total. The van der Waals surface area contributed by atoms with Crippen LogP contribution in [0, 0.1) is 5.92 Å². The second-order valence-electron chi connectivity index (χ2n) is 4.54. The van der Waals surface area contributed by atoms with Crippen molar-refractivity contribution in [2.45, 2.75) is 38.2 Å². The molecule has 17 heavy (non-hydrogen) atoms. The Balaban J connectivity index is 2.12. The summed E-state index contributed by atoms with van der Waals surface area (Å²) in [6.45, 7) is 0. The van der Waals surface area contributed by atoms with Gasteiger partial charge in [0.25, 0.3) is 0 Å². The molecule has 1 unspecified atom stereocenters. The average molecular weight is 238 g/mol. The Hall–Kier alpha value is -1.36. The fourth-order valence-corrected chi connectivity index (χ4v) is 2.55. The highest BCUT2D eigenvalue weighted by Crippen LogP contribution is 2.35. The van der Waals surface area contributed by atoms with Crippen molar-refractivity contribution in [3.63, 3.8) is 0 Å². The largest absolute Gasteiger partial charge is 0.477 e. The van der Waals surface area contributed by atoms with Gasteiger partial charge in [-0.25, -0.2) is 9.78 Å². The number of hydrogen-bond donors (Lipinski definition) is 2. The number of nitrogens with zero attached hydrogens (tertiary/aromatic N) is 1. The summed E-state index contributed by atoms with van der Waals surface area (Å²) in [5.74, 6) is 0.0978. The fraction of sp³-hybridized carbons (Fsp3) is 0.667. The molecule has 1 fully saturated rings. The predicted octanol–water partition coefficient (Wildman–Crippen LogP) is 2.38. The van der Waals surface area contributed by atoms with Gasteiger partial charge in [-0.15, -0.1) is 0 Å². The molecule has 0 amide bonds. The summed E-state index contributed by atoms with van der Waals surface area (Å²) in [5, 5.41) is 8.85. The van der Waals surface area contributed by atoms with Crippen molar-refractivity contribution in [2.75, 3.05) is 7.11 Å². The van der Waals surface area contributed by atoms with Crippen molar-refractivity contribution in [1.29, 1.82) is 0 Å². The van der Waals surface area contributed by atoms with Crippen LogP contribution in [0.3, 0.4) is 0 Å². The SMILES string of the molecule is COC(c1ncc(C(=O)O)[nH]1)C1CCCCC1. The summed E-state index contributed by atoms with van der Waals surface area (Å²) in [4.78, 5) is 17.7. The lowest BCUT2D eigenvalue weighted by molar-refractivity contribution is 0.0294. The molecule has 2 N–H and O–H groups in total. The maximum absolute atomic E-state index is 10.8. The minimum absolute atomic E-state index is 0.108. The molecule has 0 aromatic carbocycles. The minimum atomic E-state index is -0.984. The predicted molar refractivity (Wildman–Crippen MR) is 61.9 cm³/mol. The van der Waals surface area contributed by atoms with Crippen LogP contribution in [-0.4, -0.2) is 28.2 Å². The van der Waals surface area contributed by atoms with Gasteiger partial charge in [-0.2, -0.15) is 0 Å². The van der Waals surface area contributed by atoms with Crippen LogP contribution in [0.5, 0.6) is 0 Å². The number of nitrogens with one attached hydrogen (secondary N) is 1. The zero-order chi connectivity index (χ0) is 12.3. The summed E-state index contributed by atoms with van der Waals surface area (Å²) < 4.78 is 5.48. The van der Waals surface area contributed by atoms with E-state index in [-0.39, 0.29) is 11.8 Å². The number of H-pyrrole nitrogens is 1. The van der Waals surface area contributed by atoms with E-state index in [1.807, 2.05) is 0 Å². The van der Waals surface area contributed by atoms with Gasteiger partial charge < -0.3 is 14.8 Å². The van der Waals surface area contributed by atoms with Crippen molar-refractivity contribution >= 4 is 5.97 Å². The lowest BCUT2D eigenvalue weighted by Crippen LogP contribution is -2.19. The first-order chi connectivity index (χ1) is 8.22. The fourth-order valence-electron chi connectivity index (χ4n) is 2.55. The van der Waals surface area contributed by atoms with Crippen LogP contribution in [0.4, 0.5) is 0 Å². The molecule has 1 saturated carbocycles. The minimum Gasteiger partial charge on any atom is -0.477 e. The van der Waals surface area contributed by atoms with Crippen LogP contribution in [-0.2, 0) is 4.74 Å². The Morgan fingerprint density at radius 1 is 1.53 bits per heavy atom. The summed E-state index contributed by atoms with van der Waals surface area (Å²) in [7, 11) is 1.65. The van der Waals surface area contributed by atoms with E-state index in [1.165, 1.54) is 25.5 Å². The van der Waals surface area contributed by atoms with E-state index in [4.69, 9.17) is 9.84 Å². The Bertz CT molecular complexity index is 383. The molecule has 0 bridgehead atoms. The Morgan fingerprint density at radius 3 is 2.76 bits per heavy atom. The number of aromatic amines is 1. The molecular weight excluding hydrogens is 220 g/mol. The summed E-state index contributed by atoms with van der Waals surface area (Å²) >= 11 is 0. The van der Waals surface area contributed by atoms with Gasteiger partial charge in [0.15, 0.2) is 0 Å². The zero-order valence-corrected chi connectivity index (χ0v) is 9.98. The molecule has 2 rings (SSSR count). The van der Waals surface area contributed by atoms with Gasteiger partial charge in [0.1, 0.15) is 17.6 Å². The molecule has 0 saturated heterocycles. The van der Waals surface area contributed by atoms with Crippen LogP contribution in [0.25, 0.3) is 0 Å². The molecular formula is C12H18N2O3. The third-order valence-electron chi connectivity index (χ3n) is 3.43. The Morgan fingerprint density at radius 2 is 2.24 bits per heavy atom. The molecule has 1 atom stereocenters. The van der Waals surface area contributed by atoms with E-state index in [1.54, 1.807) is 7.11 Å². The third-order valence-corrected chi connectivity index (χ3v) is 3.43. The topological polar surface area (TPSA) is 75.2 Å². The molecule has 1 heterocycles. The molecule has 1 aromatic heterocycles. The molecule has 0 spiro atoms. The highest BCUT2D eigenvalue weighted by atomic mass is 16.5. The van der Waals surface area contributed by atoms with Crippen LogP contribution in [0.1, 0.15) is 54.5 Å². The lowest BCUT2D eigenvalue weighted by Gasteiger charge is -2.27. The Kier molecular flexibility index (Phi) is 3.78. The van der Waals surface area contributed by atoms with Crippen LogP contribution >= 0.6 is 0 Å². The molecule has 1 aliphatic rings. The molecule has 0 radical (unpaired) electrons. The van der Waals surface area contributed by atoms with E-state index in [0.717, 1.165) is 12.8 Å². The van der Waals surface area contributed by atoms with Crippen molar-refractivity contribution in [1.82, 2.24) is 9.97 Å². The smallest absolute Gasteiger partial charge is 0.353 e. The number of carboxylic acid groups (broad SMARTS) is 1. The number of imidazole rings is 1. The zero-order valence-electron chi connectivity index (χ0n) is 9.98. The van der Waals surface area contributed by atoms with Crippen LogP contribution in [0.2, 0.25) is 0 Å². The molecule has 0 aliphatic heterocycles. The number of rotatable bonds is 4. The number of aromatic nitrogens is 2. The summed E-state index contributed by atoms with van der Waals surface area (Å²) in [6.07, 6.45) is 7.22. The maximum atomic E-state index is 10.8. The average Bonchev–Trinajstić information content (AvgIpc) is 2.81. The van der Waals surface area contributed by atoms with Crippen molar-refractivity contribution < 1.29 is 14.6 Å². The third kappa shape index (κ3) is 2.66. The van der Waals surface area contributed by atoms with Crippen molar-refractivity contribution in [3.05, 3.63) is 17.7 Å². The Labute approximate surface area is 100 Å². The van der Waals surface area contributed by atoms with Gasteiger partial charge in [-0.05, 0) is 18.8 Å². The number of methoxy groups -OCH3 is 1. The van der Waals surface area contributed by atoms with Gasteiger partial charge in [0.05, 0.1) is 6.20 Å². The monoisotopic (exact) mass is 238 g/mol. The first-order valence-corrected chi connectivity index (χ1v) is 6.03. The van der Waals surface area contributed by atoms with Crippen LogP contribution in [0.15, 0.2) is 6.20 Å². The highest BCUT2D eigenvalue weighted by Gasteiger charge is 2.27. The summed E-state index contributed by atoms with van der Waals surface area (Å²) in [5.41, 5.74) is 0.123. The standard InChI is InChI=1S/C12H18N2O3/c1-17-10(8-5-3-2-4-6-8)11-13-7-9(14-11)12(15)16/h7-8,10H,2-6H2,1H3,(H,13,14)(H,15,16). The second-order valence-corrected chi connectivity index (χ2v) is 4.54. The first-order valence-electron chi connectivity index (χ1n) is 6.03. The highest BCUT2D eigenvalue weighted by molar-refractivity contribution is 5.85. The van der Waals surface area contributed by atoms with E-state index >= 15 is 0 Å². The van der Waals surface area contributed by atoms with Gasteiger partial charge in [0, 0.05) is 7.11 Å². The van der Waals surface area contributed by atoms with E-state index in [2.05, 4.69) is 9.97 Å². The molecule has 94 valence electrons. The maximum Gasteiger partial charge on any atom is 0.353 e. The second kappa shape index (κ2) is 5.31. The molecule has 5 heteroatoms. The summed E-state index contributed by atoms with van der Waals surface area (Å²) in [6, 6.07) is 0. The van der Waals surface area contributed by atoms with E-state index in [9.17, 15) is 4.79 Å². The number of aromatic carboxylic acids is 1. The number of carboxylic acids is 1. The number of hydrogen-bond acceptors (Lipinski definition) is 3.